The van der Waals surface area contributed by atoms with Gasteiger partial charge in [0.25, 0.3) is 0 Å². The Morgan fingerprint density at radius 2 is 2.19 bits per heavy atom. The third-order valence-corrected chi connectivity index (χ3v) is 3.52. The van der Waals surface area contributed by atoms with Crippen molar-refractivity contribution in [2.45, 2.75) is 40.0 Å². The number of hydrogen-bond acceptors (Lipinski definition) is 3. The van der Waals surface area contributed by atoms with Crippen molar-refractivity contribution in [1.82, 2.24) is 14.5 Å². The van der Waals surface area contributed by atoms with Crippen molar-refractivity contribution in [3.63, 3.8) is 0 Å². The number of aryl methyl sites for hydroxylation is 2. The molecule has 0 spiro atoms. The van der Waals surface area contributed by atoms with E-state index in [1.165, 1.54) is 0 Å². The maximum Gasteiger partial charge on any atom is 0.198 e. The summed E-state index contributed by atoms with van der Waals surface area (Å²) in [7, 11) is 2.04. The Morgan fingerprint density at radius 1 is 1.43 bits per heavy atom. The first-order valence-corrected chi connectivity index (χ1v) is 7.33. The average Bonchev–Trinajstić information content (AvgIpc) is 3.01. The molecule has 0 aliphatic carbocycles. The molecule has 21 heavy (non-hydrogen) atoms. The van der Waals surface area contributed by atoms with Crippen molar-refractivity contribution in [2.24, 2.45) is 7.05 Å². The molecule has 0 radical (unpaired) electrons. The summed E-state index contributed by atoms with van der Waals surface area (Å²) in [5.41, 5.74) is 4.10. The van der Waals surface area contributed by atoms with Gasteiger partial charge in [-0.15, -0.1) is 0 Å². The van der Waals surface area contributed by atoms with Gasteiger partial charge in [0, 0.05) is 19.9 Å². The summed E-state index contributed by atoms with van der Waals surface area (Å²) in [5.74, 6) is 1.83. The van der Waals surface area contributed by atoms with E-state index in [1.807, 2.05) is 20.0 Å². The molecule has 0 N–H and O–H groups in total. The minimum atomic E-state index is 0.677. The maximum atomic E-state index is 5.37. The van der Waals surface area contributed by atoms with Gasteiger partial charge in [0.2, 0.25) is 0 Å². The molecule has 0 aliphatic rings. The lowest BCUT2D eigenvalue weighted by Gasteiger charge is -2.02. The van der Waals surface area contributed by atoms with Crippen LogP contribution in [0.4, 0.5) is 0 Å². The van der Waals surface area contributed by atoms with E-state index in [0.29, 0.717) is 6.42 Å². The van der Waals surface area contributed by atoms with Gasteiger partial charge in [-0.2, -0.15) is 0 Å². The molecule has 0 fully saturated rings. The second-order valence-corrected chi connectivity index (χ2v) is 5.25. The fourth-order valence-corrected chi connectivity index (χ4v) is 2.36. The van der Waals surface area contributed by atoms with Crippen LogP contribution < -0.4 is 0 Å². The quantitative estimate of drug-likeness (QED) is 0.807. The monoisotopic (exact) mass is 285 g/mol. The Kier molecular flexibility index (Phi) is 4.78. The molecule has 0 bridgehead atoms. The lowest BCUT2D eigenvalue weighted by molar-refractivity contribution is 0.509. The second-order valence-electron chi connectivity index (χ2n) is 5.25. The minimum Gasteiger partial charge on any atom is -0.448 e. The predicted octanol–water partition coefficient (Wildman–Crippen LogP) is 3.96. The molecule has 0 unspecified atom stereocenters. The summed E-state index contributed by atoms with van der Waals surface area (Å²) in [6, 6.07) is 0. The standard InChI is InChI=1S/C17H23N3O/c1-6-8-15-19-17(14(7-2)20(15)5)12(3)9-10-16-18-13(4)11-21-16/h7,9,11H,2,6,8,10H2,1,3-5H3/b12-9-. The van der Waals surface area contributed by atoms with Crippen LogP contribution in [-0.4, -0.2) is 14.5 Å². The molecule has 4 nitrogen and oxygen atoms in total. The Hall–Kier alpha value is -2.10. The number of aromatic nitrogens is 3. The van der Waals surface area contributed by atoms with Crippen LogP contribution in [0.3, 0.4) is 0 Å². The fraction of sp³-hybridized carbons (Fsp3) is 0.412. The molecule has 2 aromatic rings. The Bertz CT molecular complexity index is 662. The molecule has 112 valence electrons. The molecular formula is C17H23N3O. The summed E-state index contributed by atoms with van der Waals surface area (Å²) in [5, 5.41) is 0. The molecule has 0 saturated carbocycles. The van der Waals surface area contributed by atoms with Gasteiger partial charge < -0.3 is 8.98 Å². The van der Waals surface area contributed by atoms with Gasteiger partial charge >= 0.3 is 0 Å². The van der Waals surface area contributed by atoms with Crippen molar-refractivity contribution < 1.29 is 4.42 Å². The van der Waals surface area contributed by atoms with Gasteiger partial charge in [0.05, 0.1) is 17.1 Å². The van der Waals surface area contributed by atoms with E-state index in [2.05, 4.69) is 36.1 Å². The van der Waals surface area contributed by atoms with Crippen molar-refractivity contribution in [1.29, 1.82) is 0 Å². The second kappa shape index (κ2) is 6.57. The van der Waals surface area contributed by atoms with Gasteiger partial charge in [0.1, 0.15) is 12.1 Å². The van der Waals surface area contributed by atoms with Crippen LogP contribution in [0, 0.1) is 6.92 Å². The summed E-state index contributed by atoms with van der Waals surface area (Å²) >= 11 is 0. The molecule has 0 aliphatic heterocycles. The smallest absolute Gasteiger partial charge is 0.198 e. The van der Waals surface area contributed by atoms with Crippen LogP contribution >= 0.6 is 0 Å². The van der Waals surface area contributed by atoms with Crippen molar-refractivity contribution >= 4 is 11.6 Å². The average molecular weight is 285 g/mol. The molecule has 2 heterocycles. The van der Waals surface area contributed by atoms with E-state index in [1.54, 1.807) is 6.26 Å². The van der Waals surface area contributed by atoms with E-state index >= 15 is 0 Å². The highest BCUT2D eigenvalue weighted by atomic mass is 16.3. The van der Waals surface area contributed by atoms with Crippen LogP contribution in [0.2, 0.25) is 0 Å². The van der Waals surface area contributed by atoms with Gasteiger partial charge in [-0.25, -0.2) is 9.97 Å². The van der Waals surface area contributed by atoms with Crippen molar-refractivity contribution in [2.75, 3.05) is 0 Å². The van der Waals surface area contributed by atoms with Crippen LogP contribution in [-0.2, 0) is 19.9 Å². The first-order valence-electron chi connectivity index (χ1n) is 7.33. The maximum absolute atomic E-state index is 5.37. The molecule has 0 amide bonds. The topological polar surface area (TPSA) is 43.9 Å². The Balaban J connectivity index is 2.27. The molecule has 0 aromatic carbocycles. The molecule has 0 saturated heterocycles. The highest BCUT2D eigenvalue weighted by molar-refractivity contribution is 5.69. The molecule has 2 aromatic heterocycles. The predicted molar refractivity (Wildman–Crippen MR) is 85.9 cm³/mol. The number of nitrogens with zero attached hydrogens (tertiary/aromatic N) is 3. The van der Waals surface area contributed by atoms with Crippen LogP contribution in [0.1, 0.15) is 49.1 Å². The summed E-state index contributed by atoms with van der Waals surface area (Å²) in [4.78, 5) is 9.07. The number of hydrogen-bond donors (Lipinski definition) is 0. The first kappa shape index (κ1) is 15.3. The van der Waals surface area contributed by atoms with Gasteiger partial charge in [-0.05, 0) is 31.9 Å². The normalized spacial score (nSPS) is 11.9. The van der Waals surface area contributed by atoms with Crippen LogP contribution in [0.15, 0.2) is 23.3 Å². The van der Waals surface area contributed by atoms with E-state index < -0.39 is 0 Å². The van der Waals surface area contributed by atoms with Crippen LogP contribution in [0.5, 0.6) is 0 Å². The van der Waals surface area contributed by atoms with Crippen molar-refractivity contribution in [3.05, 3.63) is 47.7 Å². The van der Waals surface area contributed by atoms with Crippen LogP contribution in [0.25, 0.3) is 11.6 Å². The Labute approximate surface area is 126 Å². The minimum absolute atomic E-state index is 0.677. The molecule has 4 heteroatoms. The van der Waals surface area contributed by atoms with Gasteiger partial charge in [0.15, 0.2) is 5.89 Å². The summed E-state index contributed by atoms with van der Waals surface area (Å²) < 4.78 is 7.50. The van der Waals surface area contributed by atoms with E-state index in [4.69, 9.17) is 9.40 Å². The highest BCUT2D eigenvalue weighted by Gasteiger charge is 2.13. The zero-order valence-electron chi connectivity index (χ0n) is 13.3. The number of rotatable bonds is 6. The van der Waals surface area contributed by atoms with E-state index in [9.17, 15) is 0 Å². The fourth-order valence-electron chi connectivity index (χ4n) is 2.36. The lowest BCUT2D eigenvalue weighted by atomic mass is 10.1. The van der Waals surface area contributed by atoms with Gasteiger partial charge in [-0.1, -0.05) is 19.6 Å². The van der Waals surface area contributed by atoms with Gasteiger partial charge in [-0.3, -0.25) is 0 Å². The number of imidazole rings is 1. The van der Waals surface area contributed by atoms with E-state index in [-0.39, 0.29) is 0 Å². The largest absolute Gasteiger partial charge is 0.448 e. The van der Waals surface area contributed by atoms with Crippen molar-refractivity contribution in [3.8, 4) is 0 Å². The SMILES string of the molecule is C=Cc1c(/C(C)=C\Cc2nc(C)co2)nc(CCC)n1C. The number of allylic oxidation sites excluding steroid dienone is 2. The molecule has 2 rings (SSSR count). The third kappa shape index (κ3) is 3.32. The number of oxazole rings is 1. The summed E-state index contributed by atoms with van der Waals surface area (Å²) in [6.07, 6.45) is 8.39. The first-order chi connectivity index (χ1) is 10.1. The lowest BCUT2D eigenvalue weighted by Crippen LogP contribution is -1.98. The molecule has 0 atom stereocenters. The van der Waals surface area contributed by atoms with E-state index in [0.717, 1.165) is 47.2 Å². The zero-order valence-corrected chi connectivity index (χ0v) is 13.3. The third-order valence-electron chi connectivity index (χ3n) is 3.52. The zero-order chi connectivity index (χ0) is 15.4. The summed E-state index contributed by atoms with van der Waals surface area (Å²) in [6.45, 7) is 10.1. The highest BCUT2D eigenvalue weighted by Crippen LogP contribution is 2.21. The molecular weight excluding hydrogens is 262 g/mol. The Morgan fingerprint density at radius 3 is 2.76 bits per heavy atom.